The van der Waals surface area contributed by atoms with E-state index < -0.39 is 0 Å². The maximum atomic E-state index is 12.3. The number of nitrogens with one attached hydrogen (secondary N) is 2. The van der Waals surface area contributed by atoms with Crippen molar-refractivity contribution in [3.63, 3.8) is 0 Å². The molecule has 6 nitrogen and oxygen atoms in total. The van der Waals surface area contributed by atoms with Crippen molar-refractivity contribution < 1.29 is 9.90 Å². The highest BCUT2D eigenvalue weighted by Crippen LogP contribution is 2.37. The molecule has 0 bridgehead atoms. The lowest BCUT2D eigenvalue weighted by Crippen LogP contribution is -2.49. The van der Waals surface area contributed by atoms with E-state index in [2.05, 4.69) is 15.7 Å². The molecular formula is C19H26N4O2. The molecule has 1 aromatic carbocycles. The van der Waals surface area contributed by atoms with Crippen LogP contribution in [0.5, 0.6) is 0 Å². The SMILES string of the molecule is CC(NC(=O)NC1CCCC1(C)CO)c1ccc(-n2cccn2)cc1. The summed E-state index contributed by atoms with van der Waals surface area (Å²) in [5, 5.41) is 19.8. The van der Waals surface area contributed by atoms with Crippen LogP contribution in [0.1, 0.15) is 44.7 Å². The fourth-order valence-corrected chi connectivity index (χ4v) is 3.49. The highest BCUT2D eigenvalue weighted by Gasteiger charge is 2.39. The minimum absolute atomic E-state index is 0.0203. The molecule has 1 aliphatic rings. The van der Waals surface area contributed by atoms with Crippen LogP contribution in [0.25, 0.3) is 5.69 Å². The summed E-state index contributed by atoms with van der Waals surface area (Å²) in [5.41, 5.74) is 1.80. The number of carbonyl (C=O) groups excluding carboxylic acids is 1. The van der Waals surface area contributed by atoms with Gasteiger partial charge in [-0.15, -0.1) is 0 Å². The number of amides is 2. The Hall–Kier alpha value is -2.34. The average molecular weight is 342 g/mol. The number of hydrogen-bond donors (Lipinski definition) is 3. The molecule has 25 heavy (non-hydrogen) atoms. The van der Waals surface area contributed by atoms with Crippen LogP contribution >= 0.6 is 0 Å². The van der Waals surface area contributed by atoms with Crippen LogP contribution < -0.4 is 10.6 Å². The molecule has 3 N–H and O–H groups in total. The van der Waals surface area contributed by atoms with Gasteiger partial charge < -0.3 is 15.7 Å². The van der Waals surface area contributed by atoms with Gasteiger partial charge in [0.25, 0.3) is 0 Å². The second-order valence-corrected chi connectivity index (χ2v) is 7.14. The van der Waals surface area contributed by atoms with Gasteiger partial charge in [-0.25, -0.2) is 9.48 Å². The van der Waals surface area contributed by atoms with Crippen molar-refractivity contribution in [3.05, 3.63) is 48.3 Å². The summed E-state index contributed by atoms with van der Waals surface area (Å²) < 4.78 is 1.80. The van der Waals surface area contributed by atoms with Gasteiger partial charge in [0.05, 0.1) is 18.3 Å². The van der Waals surface area contributed by atoms with Crippen molar-refractivity contribution >= 4 is 6.03 Å². The molecule has 134 valence electrons. The van der Waals surface area contributed by atoms with Crippen LogP contribution in [0.2, 0.25) is 0 Å². The molecule has 0 radical (unpaired) electrons. The average Bonchev–Trinajstić information content (AvgIpc) is 3.26. The number of urea groups is 1. The van der Waals surface area contributed by atoms with Crippen LogP contribution in [-0.2, 0) is 0 Å². The van der Waals surface area contributed by atoms with Gasteiger partial charge >= 0.3 is 6.03 Å². The highest BCUT2D eigenvalue weighted by molar-refractivity contribution is 5.75. The summed E-state index contributed by atoms with van der Waals surface area (Å²) in [6.07, 6.45) is 6.53. The van der Waals surface area contributed by atoms with E-state index in [0.717, 1.165) is 30.5 Å². The molecule has 3 unspecified atom stereocenters. The Balaban J connectivity index is 1.58. The first-order valence-electron chi connectivity index (χ1n) is 8.80. The van der Waals surface area contributed by atoms with Crippen molar-refractivity contribution in [2.45, 2.75) is 45.2 Å². The molecule has 1 heterocycles. The first kappa shape index (κ1) is 17.5. The fraction of sp³-hybridized carbons (Fsp3) is 0.474. The second-order valence-electron chi connectivity index (χ2n) is 7.14. The summed E-state index contributed by atoms with van der Waals surface area (Å²) in [6.45, 7) is 4.09. The summed E-state index contributed by atoms with van der Waals surface area (Å²) in [7, 11) is 0. The van der Waals surface area contributed by atoms with Crippen LogP contribution in [-0.4, -0.2) is 33.6 Å². The largest absolute Gasteiger partial charge is 0.396 e. The third-order valence-electron chi connectivity index (χ3n) is 5.26. The molecule has 0 aliphatic heterocycles. The zero-order chi connectivity index (χ0) is 17.9. The van der Waals surface area contributed by atoms with Crippen molar-refractivity contribution in [1.82, 2.24) is 20.4 Å². The molecule has 3 rings (SSSR count). The third-order valence-corrected chi connectivity index (χ3v) is 5.26. The van der Waals surface area contributed by atoms with Gasteiger partial charge in [-0.05, 0) is 43.5 Å². The van der Waals surface area contributed by atoms with Gasteiger partial charge in [-0.2, -0.15) is 5.10 Å². The maximum absolute atomic E-state index is 12.3. The van der Waals surface area contributed by atoms with E-state index in [1.165, 1.54) is 0 Å². The Morgan fingerprint density at radius 2 is 2.20 bits per heavy atom. The topological polar surface area (TPSA) is 79.2 Å². The molecule has 3 atom stereocenters. The van der Waals surface area contributed by atoms with Gasteiger partial charge in [0, 0.05) is 23.9 Å². The number of aromatic nitrogens is 2. The molecule has 1 fully saturated rings. The summed E-state index contributed by atoms with van der Waals surface area (Å²) in [6, 6.07) is 9.57. The van der Waals surface area contributed by atoms with E-state index >= 15 is 0 Å². The predicted molar refractivity (Wildman–Crippen MR) is 96.5 cm³/mol. The molecule has 1 saturated carbocycles. The first-order chi connectivity index (χ1) is 12.0. The van der Waals surface area contributed by atoms with E-state index in [1.807, 2.05) is 50.4 Å². The number of hydrogen-bond acceptors (Lipinski definition) is 3. The first-order valence-corrected chi connectivity index (χ1v) is 8.80. The van der Waals surface area contributed by atoms with Gasteiger partial charge in [-0.1, -0.05) is 25.5 Å². The van der Waals surface area contributed by atoms with Crippen LogP contribution in [0.3, 0.4) is 0 Å². The molecule has 1 aliphatic carbocycles. The van der Waals surface area contributed by atoms with E-state index in [-0.39, 0.29) is 30.1 Å². The Morgan fingerprint density at radius 1 is 1.44 bits per heavy atom. The summed E-state index contributed by atoms with van der Waals surface area (Å²) >= 11 is 0. The number of aliphatic hydroxyl groups is 1. The minimum atomic E-state index is -0.216. The monoisotopic (exact) mass is 342 g/mol. The number of nitrogens with zero attached hydrogens (tertiary/aromatic N) is 2. The van der Waals surface area contributed by atoms with E-state index in [4.69, 9.17) is 0 Å². The van der Waals surface area contributed by atoms with Crippen molar-refractivity contribution in [1.29, 1.82) is 0 Å². The molecule has 1 aromatic heterocycles. The lowest BCUT2D eigenvalue weighted by Gasteiger charge is -2.30. The molecular weight excluding hydrogens is 316 g/mol. The minimum Gasteiger partial charge on any atom is -0.396 e. The predicted octanol–water partition coefficient (Wildman–Crippen LogP) is 2.78. The molecule has 6 heteroatoms. The zero-order valence-corrected chi connectivity index (χ0v) is 14.8. The highest BCUT2D eigenvalue weighted by atomic mass is 16.3. The lowest BCUT2D eigenvalue weighted by atomic mass is 9.86. The van der Waals surface area contributed by atoms with Crippen molar-refractivity contribution in [3.8, 4) is 5.69 Å². The molecule has 2 aromatic rings. The van der Waals surface area contributed by atoms with Crippen LogP contribution in [0.4, 0.5) is 4.79 Å². The Kier molecular flexibility index (Phi) is 5.08. The Morgan fingerprint density at radius 3 is 2.84 bits per heavy atom. The summed E-state index contributed by atoms with van der Waals surface area (Å²) in [5.74, 6) is 0. The fourth-order valence-electron chi connectivity index (χ4n) is 3.49. The third kappa shape index (κ3) is 3.85. The zero-order valence-electron chi connectivity index (χ0n) is 14.8. The van der Waals surface area contributed by atoms with Crippen LogP contribution in [0, 0.1) is 5.41 Å². The van der Waals surface area contributed by atoms with Crippen molar-refractivity contribution in [2.75, 3.05) is 6.61 Å². The standard InChI is InChI=1S/C19H26N4O2/c1-14(15-6-8-16(9-7-15)23-12-4-11-20-23)21-18(25)22-17-5-3-10-19(17,2)13-24/h4,6-9,11-12,14,17,24H,3,5,10,13H2,1-2H3,(H2,21,22,25). The number of aliphatic hydroxyl groups excluding tert-OH is 1. The smallest absolute Gasteiger partial charge is 0.315 e. The van der Waals surface area contributed by atoms with E-state index in [1.54, 1.807) is 10.9 Å². The van der Waals surface area contributed by atoms with E-state index in [0.29, 0.717) is 0 Å². The van der Waals surface area contributed by atoms with Gasteiger partial charge in [0.2, 0.25) is 0 Å². The van der Waals surface area contributed by atoms with Gasteiger partial charge in [0.15, 0.2) is 0 Å². The normalized spacial score (nSPS) is 24.0. The molecule has 2 amide bonds. The number of carbonyl (C=O) groups is 1. The van der Waals surface area contributed by atoms with Crippen LogP contribution in [0.15, 0.2) is 42.7 Å². The quantitative estimate of drug-likeness (QED) is 0.782. The molecule has 0 saturated heterocycles. The number of rotatable bonds is 5. The summed E-state index contributed by atoms with van der Waals surface area (Å²) in [4.78, 5) is 12.3. The Labute approximate surface area is 148 Å². The maximum Gasteiger partial charge on any atom is 0.315 e. The van der Waals surface area contributed by atoms with E-state index in [9.17, 15) is 9.90 Å². The Bertz CT molecular complexity index is 699. The van der Waals surface area contributed by atoms with Gasteiger partial charge in [0.1, 0.15) is 0 Å². The van der Waals surface area contributed by atoms with Crippen molar-refractivity contribution in [2.24, 2.45) is 5.41 Å². The lowest BCUT2D eigenvalue weighted by molar-refractivity contribution is 0.121. The van der Waals surface area contributed by atoms with Gasteiger partial charge in [-0.3, -0.25) is 0 Å². The number of benzene rings is 1. The molecule has 0 spiro atoms. The second kappa shape index (κ2) is 7.27.